The zero-order chi connectivity index (χ0) is 3.70. The normalized spacial score (nSPS) is 28.5. The molecule has 0 spiro atoms. The van der Waals surface area contributed by atoms with Crippen LogP contribution >= 0.6 is 0 Å². The van der Waals surface area contributed by atoms with E-state index in [1.165, 1.54) is 0 Å². The number of hydrogen-bond donors (Lipinski definition) is 0. The second kappa shape index (κ2) is 2.33. The Labute approximate surface area is 41.1 Å². The van der Waals surface area contributed by atoms with Gasteiger partial charge in [-0.05, 0) is 11.0 Å². The zero-order valence-corrected chi connectivity index (χ0v) is 2.81. The molecule has 1 aliphatic rings. The highest BCUT2D eigenvalue weighted by Gasteiger charge is 2.20. The van der Waals surface area contributed by atoms with Crippen molar-refractivity contribution in [1.82, 2.24) is 0 Å². The predicted octanol–water partition coefficient (Wildman–Crippen LogP) is -1.64. The van der Waals surface area contributed by atoms with Gasteiger partial charge >= 0.3 is 0 Å². The van der Waals surface area contributed by atoms with E-state index >= 15 is 0 Å². The van der Waals surface area contributed by atoms with Crippen LogP contribution in [0.25, 0.3) is 0 Å². The lowest BCUT2D eigenvalue weighted by Crippen LogP contribution is -1.86. The van der Waals surface area contributed by atoms with Gasteiger partial charge in [-0.3, -0.25) is 0 Å². The summed E-state index contributed by atoms with van der Waals surface area (Å²) in [6, 6.07) is 0. The van der Waals surface area contributed by atoms with Crippen LogP contribution in [0.4, 0.5) is 0 Å². The van der Waals surface area contributed by atoms with Crippen LogP contribution in [-0.2, 0) is 9.84 Å². The van der Waals surface area contributed by atoms with Crippen LogP contribution in [0.2, 0.25) is 0 Å². The molecule has 0 amide bonds. The Morgan fingerprint density at radius 2 is 2.33 bits per heavy atom. The summed E-state index contributed by atoms with van der Waals surface area (Å²) in [6.45, 7) is 0.642. The van der Waals surface area contributed by atoms with E-state index in [9.17, 15) is 5.11 Å². The average molecular weight is 105 g/mol. The van der Waals surface area contributed by atoms with Crippen molar-refractivity contribution in [3.05, 3.63) is 0 Å². The molecule has 2 nitrogen and oxygen atoms in total. The van der Waals surface area contributed by atoms with Gasteiger partial charge in [0.1, 0.15) is 12.7 Å². The quantitative estimate of drug-likeness (QED) is 0.291. The number of rotatable bonds is 1. The maximum Gasteiger partial charge on any atom is 0.111 e. The first-order valence-corrected chi connectivity index (χ1v) is 1.63. The monoisotopic (exact) mass is 105 g/mol. The first kappa shape index (κ1) is 6.14. The Hall–Kier alpha value is 0.137. The van der Waals surface area contributed by atoms with Gasteiger partial charge in [0, 0.05) is 0 Å². The molecular weight excluding hydrogens is 96.1 g/mol. The molecule has 6 heavy (non-hydrogen) atoms. The Morgan fingerprint density at radius 1 is 1.83 bits per heavy atom. The fourth-order valence-corrected chi connectivity index (χ4v) is 0.164. The minimum Gasteiger partial charge on any atom is -0.370 e. The molecule has 3 heteroatoms. The van der Waals surface area contributed by atoms with Gasteiger partial charge in [-0.15, -0.1) is 0 Å². The molecule has 0 N–H and O–H groups in total. The van der Waals surface area contributed by atoms with Crippen molar-refractivity contribution in [3.8, 4) is 0 Å². The van der Waals surface area contributed by atoms with Crippen LogP contribution in [0, 0.1) is 0 Å². The van der Waals surface area contributed by atoms with Crippen molar-refractivity contribution in [2.75, 3.05) is 13.2 Å². The van der Waals surface area contributed by atoms with Gasteiger partial charge < -0.3 is 4.74 Å². The van der Waals surface area contributed by atoms with Crippen molar-refractivity contribution in [3.63, 3.8) is 0 Å². The Kier molecular flexibility index (Phi) is 2.39. The van der Waals surface area contributed by atoms with E-state index in [-0.39, 0.29) is 23.7 Å². The smallest absolute Gasteiger partial charge is 0.111 e. The molecule has 0 saturated carbocycles. The highest BCUT2D eigenvalue weighted by Crippen LogP contribution is 2.05. The SMILES string of the molecule is [O]CC1CO1.[SiH4]. The third kappa shape index (κ3) is 1.54. The minimum atomic E-state index is -0.0556. The molecule has 1 aliphatic heterocycles. The summed E-state index contributed by atoms with van der Waals surface area (Å²) in [5.41, 5.74) is 0. The summed E-state index contributed by atoms with van der Waals surface area (Å²) in [4.78, 5) is 0. The van der Waals surface area contributed by atoms with Gasteiger partial charge in [0.25, 0.3) is 0 Å². The summed E-state index contributed by atoms with van der Waals surface area (Å²) >= 11 is 0. The van der Waals surface area contributed by atoms with Crippen LogP contribution in [-0.4, -0.2) is 30.3 Å². The Balaban J connectivity index is 0.000000250. The van der Waals surface area contributed by atoms with Gasteiger partial charge in [-0.1, -0.05) is 0 Å². The van der Waals surface area contributed by atoms with Gasteiger partial charge in [-0.25, -0.2) is 5.11 Å². The lowest BCUT2D eigenvalue weighted by atomic mass is 10.5. The largest absolute Gasteiger partial charge is 0.370 e. The van der Waals surface area contributed by atoms with Gasteiger partial charge in [0.15, 0.2) is 0 Å². The van der Waals surface area contributed by atoms with Crippen LogP contribution < -0.4 is 0 Å². The van der Waals surface area contributed by atoms with E-state index in [1.54, 1.807) is 0 Å². The number of ether oxygens (including phenoxy) is 1. The van der Waals surface area contributed by atoms with Gasteiger partial charge in [0.05, 0.1) is 6.61 Å². The molecule has 0 aromatic rings. The molecule has 0 aliphatic carbocycles. The predicted molar refractivity (Wildman–Crippen MR) is 26.6 cm³/mol. The lowest BCUT2D eigenvalue weighted by molar-refractivity contribution is 0.164. The Bertz CT molecular complexity index is 35.8. The van der Waals surface area contributed by atoms with Crippen LogP contribution in [0.1, 0.15) is 0 Å². The minimum absolute atomic E-state index is 0. The van der Waals surface area contributed by atoms with Crippen molar-refractivity contribution < 1.29 is 9.84 Å². The van der Waals surface area contributed by atoms with Crippen LogP contribution in [0.3, 0.4) is 0 Å². The fraction of sp³-hybridized carbons (Fsp3) is 1.00. The van der Waals surface area contributed by atoms with Crippen molar-refractivity contribution in [2.24, 2.45) is 0 Å². The zero-order valence-electron chi connectivity index (χ0n) is 2.81. The summed E-state index contributed by atoms with van der Waals surface area (Å²) < 4.78 is 4.55. The average Bonchev–Trinajstić information content (AvgIpc) is 2.12. The van der Waals surface area contributed by atoms with E-state index in [1.807, 2.05) is 0 Å². The second-order valence-corrected chi connectivity index (χ2v) is 1.12. The molecular formula is C3H9O2Si. The maximum absolute atomic E-state index is 9.57. The summed E-state index contributed by atoms with van der Waals surface area (Å²) in [5.74, 6) is 0. The molecule has 0 bridgehead atoms. The molecule has 1 radical (unpaired) electrons. The molecule has 1 unspecified atom stereocenters. The highest BCUT2D eigenvalue weighted by molar-refractivity contribution is 5.75. The van der Waals surface area contributed by atoms with Crippen molar-refractivity contribution in [1.29, 1.82) is 0 Å². The Morgan fingerprint density at radius 3 is 2.33 bits per heavy atom. The summed E-state index contributed by atoms with van der Waals surface area (Å²) in [7, 11) is 0. The first-order valence-electron chi connectivity index (χ1n) is 1.63. The van der Waals surface area contributed by atoms with Crippen LogP contribution in [0.5, 0.6) is 0 Å². The lowest BCUT2D eigenvalue weighted by Gasteiger charge is -1.66. The van der Waals surface area contributed by atoms with E-state index < -0.39 is 0 Å². The van der Waals surface area contributed by atoms with E-state index in [4.69, 9.17) is 0 Å². The molecule has 0 aromatic heterocycles. The molecule has 1 fully saturated rings. The van der Waals surface area contributed by atoms with E-state index in [0.717, 1.165) is 0 Å². The molecule has 0 aromatic carbocycles. The molecule has 1 heterocycles. The van der Waals surface area contributed by atoms with Crippen molar-refractivity contribution in [2.45, 2.75) is 6.10 Å². The van der Waals surface area contributed by atoms with Gasteiger partial charge in [0.2, 0.25) is 0 Å². The fourth-order valence-electron chi connectivity index (χ4n) is 0.164. The number of hydrogen-bond acceptors (Lipinski definition) is 1. The summed E-state index contributed by atoms with van der Waals surface area (Å²) in [5, 5.41) is 9.57. The molecule has 1 saturated heterocycles. The highest BCUT2D eigenvalue weighted by atomic mass is 28.1. The summed E-state index contributed by atoms with van der Waals surface area (Å²) in [6.07, 6.45) is 0.0787. The van der Waals surface area contributed by atoms with E-state index in [0.29, 0.717) is 6.61 Å². The first-order chi connectivity index (χ1) is 2.43. The van der Waals surface area contributed by atoms with Crippen LogP contribution in [0.15, 0.2) is 0 Å². The third-order valence-corrected chi connectivity index (χ3v) is 0.588. The second-order valence-electron chi connectivity index (χ2n) is 1.12. The topological polar surface area (TPSA) is 32.4 Å². The molecule has 1 rings (SSSR count). The third-order valence-electron chi connectivity index (χ3n) is 0.588. The maximum atomic E-state index is 9.57. The van der Waals surface area contributed by atoms with Crippen molar-refractivity contribution >= 4 is 11.0 Å². The van der Waals surface area contributed by atoms with E-state index in [2.05, 4.69) is 4.74 Å². The molecule has 37 valence electrons. The standard InChI is InChI=1S/C3H5O2.H4Si/c4-1-3-2-5-3;/h3H,1-2H2;1H4. The molecule has 1 atom stereocenters. The number of epoxide rings is 1. The van der Waals surface area contributed by atoms with Gasteiger partial charge in [-0.2, -0.15) is 0 Å².